The van der Waals surface area contributed by atoms with Gasteiger partial charge in [-0.1, -0.05) is 87.3 Å². The van der Waals surface area contributed by atoms with Gasteiger partial charge in [-0.15, -0.1) is 0 Å². The Morgan fingerprint density at radius 3 is 1.29 bits per heavy atom. The first-order chi connectivity index (χ1) is 15.1. The fourth-order valence-electron chi connectivity index (χ4n) is 3.42. The number of anilines is 3. The van der Waals surface area contributed by atoms with Gasteiger partial charge in [-0.3, -0.25) is 0 Å². The van der Waals surface area contributed by atoms with Gasteiger partial charge in [-0.05, 0) is 83.8 Å². The summed E-state index contributed by atoms with van der Waals surface area (Å²) in [6.45, 7) is 2.18. The van der Waals surface area contributed by atoms with Crippen molar-refractivity contribution in [2.45, 2.75) is 13.3 Å². The van der Waals surface area contributed by atoms with Crippen molar-refractivity contribution in [2.75, 3.05) is 4.90 Å². The minimum absolute atomic E-state index is 1.07. The second-order valence-corrected chi connectivity index (χ2v) is 9.14. The quantitative estimate of drug-likeness (QED) is 0.223. The van der Waals surface area contributed by atoms with Crippen LogP contribution in [0.15, 0.2) is 106 Å². The highest BCUT2D eigenvalue weighted by molar-refractivity contribution is 9.10. The second kappa shape index (κ2) is 10.1. The summed E-state index contributed by atoms with van der Waals surface area (Å²) < 4.78 is 2.14. The molecule has 0 N–H and O–H groups in total. The third-order valence-electron chi connectivity index (χ3n) is 5.18. The molecule has 4 aromatic carbocycles. The molecule has 0 spiro atoms. The van der Waals surface area contributed by atoms with Crippen molar-refractivity contribution in [1.82, 2.24) is 0 Å². The molecule has 0 aliphatic heterocycles. The average Bonchev–Trinajstić information content (AvgIpc) is 2.81. The predicted molar refractivity (Wildman–Crippen MR) is 141 cm³/mol. The molecule has 0 heterocycles. The van der Waals surface area contributed by atoms with Crippen LogP contribution in [0.2, 0.25) is 0 Å². The van der Waals surface area contributed by atoms with Crippen molar-refractivity contribution in [3.8, 4) is 0 Å². The Morgan fingerprint density at radius 1 is 0.548 bits per heavy atom. The van der Waals surface area contributed by atoms with E-state index in [0.29, 0.717) is 0 Å². The lowest BCUT2D eigenvalue weighted by Crippen LogP contribution is -2.09. The van der Waals surface area contributed by atoms with Crippen molar-refractivity contribution >= 4 is 61.1 Å². The van der Waals surface area contributed by atoms with E-state index < -0.39 is 0 Å². The van der Waals surface area contributed by atoms with Crippen LogP contribution in [-0.4, -0.2) is 0 Å². The van der Waals surface area contributed by atoms with Crippen LogP contribution >= 0.6 is 31.9 Å². The van der Waals surface area contributed by atoms with E-state index in [0.717, 1.165) is 32.4 Å². The first-order valence-electron chi connectivity index (χ1n) is 10.3. The van der Waals surface area contributed by atoms with Crippen LogP contribution in [0.5, 0.6) is 0 Å². The Morgan fingerprint density at radius 2 is 0.903 bits per heavy atom. The Bertz CT molecular complexity index is 1100. The molecule has 0 bridgehead atoms. The van der Waals surface area contributed by atoms with Gasteiger partial charge in [0.25, 0.3) is 0 Å². The van der Waals surface area contributed by atoms with Gasteiger partial charge < -0.3 is 4.90 Å². The molecule has 0 saturated heterocycles. The van der Waals surface area contributed by atoms with Crippen LogP contribution in [0.1, 0.15) is 23.6 Å². The molecular weight excluding hydrogens is 510 g/mol. The van der Waals surface area contributed by atoms with Crippen molar-refractivity contribution < 1.29 is 0 Å². The Balaban J connectivity index is 1.62. The van der Waals surface area contributed by atoms with Crippen LogP contribution in [0.3, 0.4) is 0 Å². The average molecular weight is 533 g/mol. The number of hydrogen-bond acceptors (Lipinski definition) is 1. The molecule has 0 fully saturated rings. The van der Waals surface area contributed by atoms with Crippen LogP contribution in [0.25, 0.3) is 12.2 Å². The standard InChI is InChI=1S/C28H23Br2N/c1-2-21-3-5-22(6-4-21)7-8-23-9-15-26(16-10-23)31(27-17-11-24(29)12-18-27)28-19-13-25(30)14-20-28/h3-20H,2H2,1H3. The summed E-state index contributed by atoms with van der Waals surface area (Å²) in [4.78, 5) is 2.26. The smallest absolute Gasteiger partial charge is 0.0462 e. The lowest BCUT2D eigenvalue weighted by molar-refractivity contribution is 1.14. The van der Waals surface area contributed by atoms with E-state index in [2.05, 4.69) is 153 Å². The van der Waals surface area contributed by atoms with E-state index in [-0.39, 0.29) is 0 Å². The highest BCUT2D eigenvalue weighted by Gasteiger charge is 2.12. The molecule has 0 radical (unpaired) electrons. The van der Waals surface area contributed by atoms with Crippen LogP contribution in [0, 0.1) is 0 Å². The first kappa shape index (κ1) is 21.6. The maximum Gasteiger partial charge on any atom is 0.0462 e. The molecule has 4 rings (SSSR count). The van der Waals surface area contributed by atoms with Crippen molar-refractivity contribution in [3.05, 3.63) is 123 Å². The van der Waals surface area contributed by atoms with E-state index in [4.69, 9.17) is 0 Å². The monoisotopic (exact) mass is 531 g/mol. The Hall–Kier alpha value is -2.62. The molecule has 0 aromatic heterocycles. The SMILES string of the molecule is CCc1ccc(C=Cc2ccc(N(c3ccc(Br)cc3)c3ccc(Br)cc3)cc2)cc1. The summed E-state index contributed by atoms with van der Waals surface area (Å²) in [6, 6.07) is 34.2. The number of hydrogen-bond donors (Lipinski definition) is 0. The fourth-order valence-corrected chi connectivity index (χ4v) is 3.95. The van der Waals surface area contributed by atoms with Gasteiger partial charge in [0, 0.05) is 26.0 Å². The lowest BCUT2D eigenvalue weighted by Gasteiger charge is -2.25. The van der Waals surface area contributed by atoms with Gasteiger partial charge in [0.2, 0.25) is 0 Å². The Labute approximate surface area is 201 Å². The molecule has 0 amide bonds. The third-order valence-corrected chi connectivity index (χ3v) is 6.23. The predicted octanol–water partition coefficient (Wildman–Crippen LogP) is 9.41. The maximum absolute atomic E-state index is 3.54. The molecule has 1 nitrogen and oxygen atoms in total. The summed E-state index contributed by atoms with van der Waals surface area (Å²) in [5.74, 6) is 0. The first-order valence-corrected chi connectivity index (χ1v) is 11.9. The zero-order valence-corrected chi connectivity index (χ0v) is 20.5. The molecular formula is C28H23Br2N. The van der Waals surface area contributed by atoms with Crippen molar-refractivity contribution in [3.63, 3.8) is 0 Å². The van der Waals surface area contributed by atoms with Gasteiger partial charge in [0.05, 0.1) is 0 Å². The molecule has 31 heavy (non-hydrogen) atoms. The summed E-state index contributed by atoms with van der Waals surface area (Å²) >= 11 is 7.08. The van der Waals surface area contributed by atoms with Crippen LogP contribution in [0.4, 0.5) is 17.1 Å². The molecule has 3 heteroatoms. The Kier molecular flexibility index (Phi) is 7.06. The van der Waals surface area contributed by atoms with Gasteiger partial charge >= 0.3 is 0 Å². The van der Waals surface area contributed by atoms with Gasteiger partial charge in [0.1, 0.15) is 0 Å². The number of benzene rings is 4. The van der Waals surface area contributed by atoms with Crippen LogP contribution < -0.4 is 4.90 Å². The zero-order valence-electron chi connectivity index (χ0n) is 17.3. The normalized spacial score (nSPS) is 11.1. The molecule has 4 aromatic rings. The van der Waals surface area contributed by atoms with Gasteiger partial charge in [0.15, 0.2) is 0 Å². The van der Waals surface area contributed by atoms with E-state index in [1.807, 2.05) is 0 Å². The molecule has 0 saturated carbocycles. The molecule has 0 unspecified atom stereocenters. The minimum Gasteiger partial charge on any atom is -0.311 e. The molecule has 0 aliphatic rings. The zero-order chi connectivity index (χ0) is 21.6. The number of rotatable bonds is 6. The minimum atomic E-state index is 1.07. The molecule has 154 valence electrons. The molecule has 0 aliphatic carbocycles. The van der Waals surface area contributed by atoms with Crippen molar-refractivity contribution in [2.24, 2.45) is 0 Å². The lowest BCUT2D eigenvalue weighted by atomic mass is 10.1. The highest BCUT2D eigenvalue weighted by atomic mass is 79.9. The van der Waals surface area contributed by atoms with Crippen LogP contribution in [-0.2, 0) is 6.42 Å². The maximum atomic E-state index is 3.54. The number of nitrogens with zero attached hydrogens (tertiary/aromatic N) is 1. The summed E-state index contributed by atoms with van der Waals surface area (Å²) in [5.41, 5.74) is 7.11. The summed E-state index contributed by atoms with van der Waals surface area (Å²) in [7, 11) is 0. The number of halogens is 2. The largest absolute Gasteiger partial charge is 0.311 e. The van der Waals surface area contributed by atoms with Gasteiger partial charge in [-0.25, -0.2) is 0 Å². The second-order valence-electron chi connectivity index (χ2n) is 7.31. The van der Waals surface area contributed by atoms with E-state index in [9.17, 15) is 0 Å². The van der Waals surface area contributed by atoms with Crippen molar-refractivity contribution in [1.29, 1.82) is 0 Å². The van der Waals surface area contributed by atoms with E-state index in [1.54, 1.807) is 0 Å². The highest BCUT2D eigenvalue weighted by Crippen LogP contribution is 2.35. The van der Waals surface area contributed by atoms with Gasteiger partial charge in [-0.2, -0.15) is 0 Å². The third kappa shape index (κ3) is 5.55. The summed E-state index contributed by atoms with van der Waals surface area (Å²) in [5, 5.41) is 0. The fraction of sp³-hybridized carbons (Fsp3) is 0.0714. The topological polar surface area (TPSA) is 3.24 Å². The number of aryl methyl sites for hydroxylation is 1. The van der Waals surface area contributed by atoms with E-state index >= 15 is 0 Å². The van der Waals surface area contributed by atoms with E-state index in [1.165, 1.54) is 16.7 Å². The molecule has 0 atom stereocenters. The summed E-state index contributed by atoms with van der Waals surface area (Å²) in [6.07, 6.45) is 5.39.